The standard InChI is InChI=1S/C27H26IN7O3.ClH/c1-15(35-25-21(23(28)33-35)24(29)31-14-32-25)22-20(18-9-4-5-10-19(18)27(37)38-22)16-7-6-8-17(13-16)26(36)30-11-12-34(2)3;/h4-10,13-15H,11-12H2,1-3H3,(H,30,36)(H2,29,31,32);1H. The minimum Gasteiger partial charge on any atom is -0.424 e. The van der Waals surface area contributed by atoms with Crippen molar-refractivity contribution in [2.75, 3.05) is 32.9 Å². The summed E-state index contributed by atoms with van der Waals surface area (Å²) in [4.78, 5) is 36.5. The molecule has 3 aromatic heterocycles. The fourth-order valence-corrected chi connectivity index (χ4v) is 5.20. The van der Waals surface area contributed by atoms with Gasteiger partial charge in [0.15, 0.2) is 5.65 Å². The highest BCUT2D eigenvalue weighted by atomic mass is 127. The number of likely N-dealkylation sites (N-methyl/N-ethyl adjacent to an activating group) is 1. The molecule has 2 aromatic carbocycles. The lowest BCUT2D eigenvalue weighted by atomic mass is 9.94. The lowest BCUT2D eigenvalue weighted by molar-refractivity contribution is 0.0951. The monoisotopic (exact) mass is 659 g/mol. The molecule has 0 aliphatic heterocycles. The molecular formula is C27H27ClIN7O3. The van der Waals surface area contributed by atoms with Crippen LogP contribution in [0.15, 0.2) is 64.1 Å². The molecular weight excluding hydrogens is 633 g/mol. The highest BCUT2D eigenvalue weighted by Crippen LogP contribution is 2.37. The summed E-state index contributed by atoms with van der Waals surface area (Å²) in [5.74, 6) is 0.549. The number of carbonyl (C=O) groups is 1. The smallest absolute Gasteiger partial charge is 0.343 e. The third-order valence-electron chi connectivity index (χ3n) is 6.35. The van der Waals surface area contributed by atoms with Gasteiger partial charge in [0.05, 0.1) is 10.8 Å². The number of anilines is 1. The van der Waals surface area contributed by atoms with Crippen LogP contribution in [0.25, 0.3) is 32.9 Å². The molecule has 39 heavy (non-hydrogen) atoms. The van der Waals surface area contributed by atoms with Crippen LogP contribution >= 0.6 is 35.0 Å². The van der Waals surface area contributed by atoms with Gasteiger partial charge in [-0.15, -0.1) is 12.4 Å². The number of hydrogen-bond donors (Lipinski definition) is 2. The van der Waals surface area contributed by atoms with Crippen LogP contribution in [0.5, 0.6) is 0 Å². The molecule has 5 aromatic rings. The number of carbonyl (C=O) groups excluding carboxylic acids is 1. The number of nitrogen functional groups attached to an aromatic ring is 1. The van der Waals surface area contributed by atoms with Crippen LogP contribution in [0, 0.1) is 3.70 Å². The maximum Gasteiger partial charge on any atom is 0.343 e. The van der Waals surface area contributed by atoms with Gasteiger partial charge in [-0.3, -0.25) is 4.79 Å². The van der Waals surface area contributed by atoms with Crippen LogP contribution in [0.2, 0.25) is 0 Å². The molecule has 1 unspecified atom stereocenters. The number of rotatable bonds is 7. The fraction of sp³-hybridized carbons (Fsp3) is 0.222. The molecule has 0 aliphatic carbocycles. The average molecular weight is 660 g/mol. The first-order chi connectivity index (χ1) is 18.3. The van der Waals surface area contributed by atoms with Crippen LogP contribution < -0.4 is 16.7 Å². The summed E-state index contributed by atoms with van der Waals surface area (Å²) in [7, 11) is 3.90. The number of nitrogens with one attached hydrogen (secondary N) is 1. The fourth-order valence-electron chi connectivity index (χ4n) is 4.45. The second-order valence-corrected chi connectivity index (χ2v) is 10.2. The zero-order valence-corrected chi connectivity index (χ0v) is 24.5. The second-order valence-electron chi connectivity index (χ2n) is 9.18. The number of amides is 1. The Hall–Kier alpha value is -3.55. The maximum absolute atomic E-state index is 13.1. The van der Waals surface area contributed by atoms with Crippen molar-refractivity contribution in [1.29, 1.82) is 0 Å². The van der Waals surface area contributed by atoms with E-state index in [9.17, 15) is 9.59 Å². The van der Waals surface area contributed by atoms with Crippen LogP contribution in [-0.2, 0) is 0 Å². The topological polar surface area (TPSA) is 132 Å². The summed E-state index contributed by atoms with van der Waals surface area (Å²) in [5.41, 5.74) is 8.14. The van der Waals surface area contributed by atoms with Gasteiger partial charge in [0.2, 0.25) is 0 Å². The van der Waals surface area contributed by atoms with Crippen molar-refractivity contribution in [2.24, 2.45) is 0 Å². The lowest BCUT2D eigenvalue weighted by Crippen LogP contribution is -2.31. The van der Waals surface area contributed by atoms with E-state index in [1.165, 1.54) is 6.33 Å². The summed E-state index contributed by atoms with van der Waals surface area (Å²) in [6, 6.07) is 14.1. The first kappa shape index (κ1) is 28.5. The van der Waals surface area contributed by atoms with Gasteiger partial charge in [0.25, 0.3) is 5.91 Å². The van der Waals surface area contributed by atoms with Crippen molar-refractivity contribution < 1.29 is 9.21 Å². The van der Waals surface area contributed by atoms with Gasteiger partial charge in [0, 0.05) is 29.6 Å². The Balaban J connectivity index is 0.00000353. The lowest BCUT2D eigenvalue weighted by Gasteiger charge is -2.18. The van der Waals surface area contributed by atoms with Gasteiger partial charge < -0.3 is 20.4 Å². The van der Waals surface area contributed by atoms with Gasteiger partial charge in [0.1, 0.15) is 27.6 Å². The minimum absolute atomic E-state index is 0. The van der Waals surface area contributed by atoms with E-state index in [2.05, 4.69) is 43.0 Å². The van der Waals surface area contributed by atoms with Gasteiger partial charge >= 0.3 is 5.63 Å². The highest BCUT2D eigenvalue weighted by Gasteiger charge is 2.26. The first-order valence-electron chi connectivity index (χ1n) is 12.0. The maximum atomic E-state index is 13.1. The molecule has 3 heterocycles. The third-order valence-corrected chi connectivity index (χ3v) is 7.10. The number of halogens is 2. The number of nitrogens with zero attached hydrogens (tertiary/aromatic N) is 5. The third kappa shape index (κ3) is 5.47. The van der Waals surface area contributed by atoms with E-state index in [0.29, 0.717) is 49.4 Å². The molecule has 5 rings (SSSR count). The van der Waals surface area contributed by atoms with E-state index in [-0.39, 0.29) is 18.3 Å². The molecule has 3 N–H and O–H groups in total. The summed E-state index contributed by atoms with van der Waals surface area (Å²) in [6.07, 6.45) is 1.38. The summed E-state index contributed by atoms with van der Waals surface area (Å²) >= 11 is 2.09. The average Bonchev–Trinajstić information content (AvgIpc) is 3.25. The molecule has 0 aliphatic rings. The molecule has 0 saturated carbocycles. The summed E-state index contributed by atoms with van der Waals surface area (Å²) in [5, 5.41) is 9.42. The first-order valence-corrected chi connectivity index (χ1v) is 13.1. The van der Waals surface area contributed by atoms with Crippen molar-refractivity contribution in [3.8, 4) is 11.1 Å². The Morgan fingerprint density at radius 3 is 2.64 bits per heavy atom. The molecule has 0 radical (unpaired) electrons. The molecule has 0 saturated heterocycles. The molecule has 1 amide bonds. The normalized spacial score (nSPS) is 12.0. The molecule has 0 spiro atoms. The van der Waals surface area contributed by atoms with Crippen molar-refractivity contribution in [3.63, 3.8) is 0 Å². The number of benzene rings is 2. The van der Waals surface area contributed by atoms with Crippen LogP contribution in [0.1, 0.15) is 29.1 Å². The van der Waals surface area contributed by atoms with E-state index in [4.69, 9.17) is 10.2 Å². The summed E-state index contributed by atoms with van der Waals surface area (Å²) in [6.45, 7) is 3.14. The Morgan fingerprint density at radius 2 is 1.90 bits per heavy atom. The number of aromatic nitrogens is 4. The second kappa shape index (κ2) is 11.7. The quantitative estimate of drug-likeness (QED) is 0.250. The van der Waals surface area contributed by atoms with Crippen LogP contribution in [-0.4, -0.2) is 57.7 Å². The molecule has 12 heteroatoms. The molecule has 0 fully saturated rings. The van der Waals surface area contributed by atoms with Gasteiger partial charge in [-0.2, -0.15) is 5.10 Å². The Bertz CT molecular complexity index is 1730. The molecule has 1 atom stereocenters. The number of nitrogens with two attached hydrogens (primary N) is 1. The molecule has 0 bridgehead atoms. The Morgan fingerprint density at radius 1 is 1.15 bits per heavy atom. The zero-order chi connectivity index (χ0) is 27.0. The van der Waals surface area contributed by atoms with Crippen molar-refractivity contribution in [1.82, 2.24) is 30.0 Å². The van der Waals surface area contributed by atoms with Crippen molar-refractivity contribution in [2.45, 2.75) is 13.0 Å². The minimum atomic E-state index is -0.528. The van der Waals surface area contributed by atoms with Crippen LogP contribution in [0.3, 0.4) is 0 Å². The predicted molar refractivity (Wildman–Crippen MR) is 162 cm³/mol. The zero-order valence-electron chi connectivity index (χ0n) is 21.5. The SMILES string of the molecule is CC(c1oc(=O)c2ccccc2c1-c1cccc(C(=O)NCCN(C)C)c1)n1nc(I)c2c(N)ncnc21.Cl. The van der Waals surface area contributed by atoms with Crippen LogP contribution in [0.4, 0.5) is 5.82 Å². The van der Waals surface area contributed by atoms with E-state index < -0.39 is 11.7 Å². The van der Waals surface area contributed by atoms with Crippen molar-refractivity contribution >= 4 is 68.5 Å². The predicted octanol–water partition coefficient (Wildman–Crippen LogP) is 4.11. The van der Waals surface area contributed by atoms with Gasteiger partial charge in [-0.05, 0) is 67.4 Å². The number of hydrogen-bond acceptors (Lipinski definition) is 8. The molecule has 202 valence electrons. The molecule has 10 nitrogen and oxygen atoms in total. The van der Waals surface area contributed by atoms with Crippen molar-refractivity contribution in [3.05, 3.63) is 80.3 Å². The largest absolute Gasteiger partial charge is 0.424 e. The van der Waals surface area contributed by atoms with E-state index in [1.807, 2.05) is 56.3 Å². The summed E-state index contributed by atoms with van der Waals surface area (Å²) < 4.78 is 8.30. The van der Waals surface area contributed by atoms with Gasteiger partial charge in [-0.25, -0.2) is 19.4 Å². The van der Waals surface area contributed by atoms with E-state index >= 15 is 0 Å². The van der Waals surface area contributed by atoms with E-state index in [1.54, 1.807) is 22.9 Å². The Kier molecular flexibility index (Phi) is 8.52. The highest BCUT2D eigenvalue weighted by molar-refractivity contribution is 14.1. The Labute approximate surface area is 244 Å². The van der Waals surface area contributed by atoms with E-state index in [0.717, 1.165) is 17.5 Å². The van der Waals surface area contributed by atoms with Gasteiger partial charge in [-0.1, -0.05) is 30.3 Å². The number of fused-ring (bicyclic) bond motifs is 2.